The summed E-state index contributed by atoms with van der Waals surface area (Å²) in [5.41, 5.74) is 1.84. The van der Waals surface area contributed by atoms with Gasteiger partial charge in [0.1, 0.15) is 5.75 Å². The van der Waals surface area contributed by atoms with Crippen LogP contribution in [-0.4, -0.2) is 43.8 Å². The maximum atomic E-state index is 13.4. The zero-order chi connectivity index (χ0) is 23.0. The molecule has 3 aromatic rings. The first-order valence-electron chi connectivity index (χ1n) is 9.93. The second-order valence-electron chi connectivity index (χ2n) is 7.00. The summed E-state index contributed by atoms with van der Waals surface area (Å²) in [7, 11) is -2.52. The standard InChI is InChI=1S/C23H24ClN3O4S/c1-31-22-8-7-20(15-21(22)24)32(29,30)27(14-11-18-5-3-2-4-6-18)17-23(28)26-16-19-9-12-25-13-10-19/h2-10,12-13,15H,11,14,16-17H2,1H3,(H,26,28). The highest BCUT2D eigenvalue weighted by Gasteiger charge is 2.27. The van der Waals surface area contributed by atoms with Gasteiger partial charge in [-0.2, -0.15) is 4.31 Å². The van der Waals surface area contributed by atoms with Crippen LogP contribution in [0.1, 0.15) is 11.1 Å². The van der Waals surface area contributed by atoms with Gasteiger partial charge in [0, 0.05) is 25.5 Å². The van der Waals surface area contributed by atoms with Crippen molar-refractivity contribution in [3.63, 3.8) is 0 Å². The van der Waals surface area contributed by atoms with Crippen molar-refractivity contribution in [1.82, 2.24) is 14.6 Å². The number of benzene rings is 2. The third kappa shape index (κ3) is 6.29. The van der Waals surface area contributed by atoms with Crippen molar-refractivity contribution in [3.8, 4) is 5.75 Å². The Morgan fingerprint density at radius 3 is 2.44 bits per heavy atom. The summed E-state index contributed by atoms with van der Waals surface area (Å²) in [6.07, 6.45) is 3.72. The molecular weight excluding hydrogens is 450 g/mol. The number of hydrogen-bond donors (Lipinski definition) is 1. The van der Waals surface area contributed by atoms with Crippen LogP contribution in [0.5, 0.6) is 5.75 Å². The fourth-order valence-electron chi connectivity index (χ4n) is 3.06. The number of nitrogens with one attached hydrogen (secondary N) is 1. The Kier molecular flexibility index (Phi) is 8.21. The maximum Gasteiger partial charge on any atom is 0.243 e. The minimum absolute atomic E-state index is 0.00158. The number of hydrogen-bond acceptors (Lipinski definition) is 5. The lowest BCUT2D eigenvalue weighted by atomic mass is 10.1. The number of halogens is 1. The number of amides is 1. The van der Waals surface area contributed by atoms with Gasteiger partial charge in [-0.15, -0.1) is 0 Å². The lowest BCUT2D eigenvalue weighted by molar-refractivity contribution is -0.121. The average molecular weight is 474 g/mol. The lowest BCUT2D eigenvalue weighted by Gasteiger charge is -2.22. The molecule has 0 unspecified atom stereocenters. The summed E-state index contributed by atoms with van der Waals surface area (Å²) >= 11 is 6.14. The second-order valence-corrected chi connectivity index (χ2v) is 9.35. The van der Waals surface area contributed by atoms with Crippen molar-refractivity contribution < 1.29 is 17.9 Å². The molecule has 0 aliphatic heterocycles. The number of nitrogens with zero attached hydrogens (tertiary/aromatic N) is 2. The lowest BCUT2D eigenvalue weighted by Crippen LogP contribution is -2.41. The second kappa shape index (κ2) is 11.1. The molecule has 1 heterocycles. The molecule has 0 saturated heterocycles. The Labute approximate surface area is 193 Å². The smallest absolute Gasteiger partial charge is 0.243 e. The molecule has 0 bridgehead atoms. The van der Waals surface area contributed by atoms with Crippen LogP contribution in [0.25, 0.3) is 0 Å². The molecule has 1 aromatic heterocycles. The van der Waals surface area contributed by atoms with Crippen molar-refractivity contribution in [1.29, 1.82) is 0 Å². The van der Waals surface area contributed by atoms with E-state index in [4.69, 9.17) is 16.3 Å². The summed E-state index contributed by atoms with van der Waals surface area (Å²) < 4.78 is 33.0. The van der Waals surface area contributed by atoms with Crippen LogP contribution < -0.4 is 10.1 Å². The van der Waals surface area contributed by atoms with E-state index in [1.807, 2.05) is 30.3 Å². The SMILES string of the molecule is COc1ccc(S(=O)(=O)N(CCc2ccccc2)CC(=O)NCc2ccncc2)cc1Cl. The Morgan fingerprint density at radius 1 is 1.06 bits per heavy atom. The molecule has 1 amide bonds. The number of carbonyl (C=O) groups is 1. The highest BCUT2D eigenvalue weighted by molar-refractivity contribution is 7.89. The van der Waals surface area contributed by atoms with Gasteiger partial charge < -0.3 is 10.1 Å². The maximum absolute atomic E-state index is 13.4. The first-order valence-corrected chi connectivity index (χ1v) is 11.7. The normalized spacial score (nSPS) is 11.3. The molecule has 0 aliphatic carbocycles. The first-order chi connectivity index (χ1) is 15.4. The zero-order valence-electron chi connectivity index (χ0n) is 17.6. The Balaban J connectivity index is 1.78. The van der Waals surface area contributed by atoms with Gasteiger partial charge in [0.2, 0.25) is 15.9 Å². The average Bonchev–Trinajstić information content (AvgIpc) is 2.81. The number of pyridine rings is 1. The van der Waals surface area contributed by atoms with Crippen LogP contribution in [0.4, 0.5) is 0 Å². The number of methoxy groups -OCH3 is 1. The van der Waals surface area contributed by atoms with Crippen molar-refractivity contribution in [2.45, 2.75) is 17.9 Å². The molecule has 9 heteroatoms. The van der Waals surface area contributed by atoms with E-state index in [1.165, 1.54) is 29.6 Å². The van der Waals surface area contributed by atoms with Gasteiger partial charge >= 0.3 is 0 Å². The van der Waals surface area contributed by atoms with E-state index in [-0.39, 0.29) is 29.6 Å². The summed E-state index contributed by atoms with van der Waals surface area (Å²) in [6.45, 7) is 0.102. The van der Waals surface area contributed by atoms with E-state index < -0.39 is 15.9 Å². The van der Waals surface area contributed by atoms with E-state index in [2.05, 4.69) is 10.3 Å². The Morgan fingerprint density at radius 2 is 1.78 bits per heavy atom. The third-order valence-electron chi connectivity index (χ3n) is 4.81. The molecule has 168 valence electrons. The van der Waals surface area contributed by atoms with Crippen molar-refractivity contribution >= 4 is 27.5 Å². The summed E-state index contributed by atoms with van der Waals surface area (Å²) in [5.74, 6) is -0.0328. The molecule has 32 heavy (non-hydrogen) atoms. The molecule has 7 nitrogen and oxygen atoms in total. The number of ether oxygens (including phenoxy) is 1. The van der Waals surface area contributed by atoms with Gasteiger partial charge in [-0.3, -0.25) is 9.78 Å². The van der Waals surface area contributed by atoms with Gasteiger partial charge in [-0.05, 0) is 47.9 Å². The van der Waals surface area contributed by atoms with Crippen molar-refractivity contribution in [2.75, 3.05) is 20.2 Å². The van der Waals surface area contributed by atoms with Crippen LogP contribution >= 0.6 is 11.6 Å². The monoisotopic (exact) mass is 473 g/mol. The van der Waals surface area contributed by atoms with Gasteiger partial charge in [0.05, 0.1) is 23.6 Å². The molecule has 0 fully saturated rings. The van der Waals surface area contributed by atoms with E-state index in [9.17, 15) is 13.2 Å². The highest BCUT2D eigenvalue weighted by Crippen LogP contribution is 2.28. The third-order valence-corrected chi connectivity index (χ3v) is 6.95. The molecule has 0 saturated carbocycles. The minimum Gasteiger partial charge on any atom is -0.495 e. The van der Waals surface area contributed by atoms with Gasteiger partial charge in [-0.25, -0.2) is 8.42 Å². The van der Waals surface area contributed by atoms with Crippen LogP contribution in [0.15, 0.2) is 78.0 Å². The largest absolute Gasteiger partial charge is 0.495 e. The summed E-state index contributed by atoms with van der Waals surface area (Å²) in [6, 6.07) is 17.3. The quantitative estimate of drug-likeness (QED) is 0.488. The van der Waals surface area contributed by atoms with Crippen LogP contribution in [-0.2, 0) is 27.8 Å². The molecule has 3 rings (SSSR count). The van der Waals surface area contributed by atoms with Crippen molar-refractivity contribution in [3.05, 3.63) is 89.2 Å². The topological polar surface area (TPSA) is 88.6 Å². The minimum atomic E-state index is -3.97. The van der Waals surface area contributed by atoms with Crippen LogP contribution in [0.2, 0.25) is 5.02 Å². The van der Waals surface area contributed by atoms with E-state index in [1.54, 1.807) is 24.5 Å². The van der Waals surface area contributed by atoms with Gasteiger partial charge in [0.25, 0.3) is 0 Å². The van der Waals surface area contributed by atoms with Crippen LogP contribution in [0, 0.1) is 0 Å². The van der Waals surface area contributed by atoms with E-state index >= 15 is 0 Å². The fraction of sp³-hybridized carbons (Fsp3) is 0.217. The van der Waals surface area contributed by atoms with Crippen molar-refractivity contribution in [2.24, 2.45) is 0 Å². The predicted octanol–water partition coefficient (Wildman–Crippen LogP) is 3.29. The number of sulfonamides is 1. The zero-order valence-corrected chi connectivity index (χ0v) is 19.1. The first kappa shape index (κ1) is 23.7. The molecule has 2 aromatic carbocycles. The van der Waals surface area contributed by atoms with Gasteiger partial charge in [-0.1, -0.05) is 41.9 Å². The van der Waals surface area contributed by atoms with Gasteiger partial charge in [0.15, 0.2) is 0 Å². The summed E-state index contributed by atoms with van der Waals surface area (Å²) in [4.78, 5) is 16.5. The molecule has 0 atom stereocenters. The highest BCUT2D eigenvalue weighted by atomic mass is 35.5. The molecule has 1 N–H and O–H groups in total. The fourth-order valence-corrected chi connectivity index (χ4v) is 4.80. The molecule has 0 aliphatic rings. The number of rotatable bonds is 10. The van der Waals surface area contributed by atoms with E-state index in [0.717, 1.165) is 11.1 Å². The van der Waals surface area contributed by atoms with E-state index in [0.29, 0.717) is 12.2 Å². The molecular formula is C23H24ClN3O4S. The number of carbonyl (C=O) groups excluding carboxylic acids is 1. The molecule has 0 radical (unpaired) electrons. The Bertz CT molecular complexity index is 1140. The summed E-state index contributed by atoms with van der Waals surface area (Å²) in [5, 5.41) is 2.94. The number of aromatic nitrogens is 1. The van der Waals surface area contributed by atoms with Crippen LogP contribution in [0.3, 0.4) is 0 Å². The Hall–Kier alpha value is -2.94. The predicted molar refractivity (Wildman–Crippen MR) is 123 cm³/mol. The molecule has 0 spiro atoms.